The number of anilines is 3. The molecule has 3 N–H and O–H groups in total. The molecule has 0 amide bonds. The molecular weight excluding hydrogens is 432 g/mol. The lowest BCUT2D eigenvalue weighted by Crippen LogP contribution is -2.42. The van der Waals surface area contributed by atoms with E-state index in [1.165, 1.54) is 24.1 Å². The lowest BCUT2D eigenvalue weighted by Gasteiger charge is -2.31. The first-order valence-electron chi connectivity index (χ1n) is 11.9. The molecule has 8 heteroatoms. The summed E-state index contributed by atoms with van der Waals surface area (Å²) < 4.78 is 0. The lowest BCUT2D eigenvalue weighted by molar-refractivity contribution is 0.101. The van der Waals surface area contributed by atoms with Gasteiger partial charge >= 0.3 is 0 Å². The van der Waals surface area contributed by atoms with Crippen molar-refractivity contribution in [2.75, 3.05) is 29.6 Å². The van der Waals surface area contributed by atoms with E-state index >= 15 is 0 Å². The summed E-state index contributed by atoms with van der Waals surface area (Å²) in [5, 5.41) is 10.9. The van der Waals surface area contributed by atoms with E-state index in [1.54, 1.807) is 6.92 Å². The van der Waals surface area contributed by atoms with Crippen LogP contribution in [0.15, 0.2) is 24.3 Å². The monoisotopic (exact) mass is 466 g/mol. The summed E-state index contributed by atoms with van der Waals surface area (Å²) in [5.74, 6) is 1.89. The number of carbonyl (C=O) groups is 1. The molecule has 0 aliphatic heterocycles. The molecule has 0 atom stereocenters. The number of nitrogens with one attached hydrogen (secondary N) is 3. The van der Waals surface area contributed by atoms with E-state index in [0.29, 0.717) is 22.8 Å². The number of Topliss-reactive ketones (excluding diaryl/α,β-unsaturated/α-hetero) is 1. The molecule has 1 fully saturated rings. The van der Waals surface area contributed by atoms with Crippen molar-refractivity contribution in [3.63, 3.8) is 0 Å². The van der Waals surface area contributed by atoms with Gasteiger partial charge in [-0.25, -0.2) is 4.98 Å². The lowest BCUT2D eigenvalue weighted by atomic mass is 9.91. The van der Waals surface area contributed by atoms with Crippen LogP contribution in [-0.2, 0) is 12.8 Å². The Balaban J connectivity index is 1.28. The molecule has 0 saturated heterocycles. The topological polar surface area (TPSA) is 82.2 Å². The van der Waals surface area contributed by atoms with Crippen molar-refractivity contribution in [3.05, 3.63) is 41.1 Å². The summed E-state index contributed by atoms with van der Waals surface area (Å²) in [4.78, 5) is 23.2. The van der Waals surface area contributed by atoms with Crippen molar-refractivity contribution in [3.8, 4) is 0 Å². The number of benzene rings is 1. The van der Waals surface area contributed by atoms with Gasteiger partial charge in [0.2, 0.25) is 5.95 Å². The molecule has 0 unspecified atom stereocenters. The first-order valence-corrected chi connectivity index (χ1v) is 12.3. The molecule has 1 aromatic heterocycles. The molecule has 2 aromatic rings. The molecule has 4 rings (SSSR count). The van der Waals surface area contributed by atoms with Crippen molar-refractivity contribution in [2.45, 2.75) is 70.4 Å². The zero-order valence-corrected chi connectivity index (χ0v) is 20.6. The van der Waals surface area contributed by atoms with Crippen LogP contribution in [0.5, 0.6) is 0 Å². The van der Waals surface area contributed by atoms with Gasteiger partial charge < -0.3 is 20.9 Å². The van der Waals surface area contributed by atoms with Gasteiger partial charge in [0.1, 0.15) is 5.82 Å². The second-order valence-electron chi connectivity index (χ2n) is 9.32. The fraction of sp³-hybridized carbons (Fsp3) is 0.520. The summed E-state index contributed by atoms with van der Waals surface area (Å²) in [6.45, 7) is 1.57. The maximum atomic E-state index is 11.4. The Morgan fingerprint density at radius 3 is 2.33 bits per heavy atom. The predicted molar refractivity (Wildman–Crippen MR) is 138 cm³/mol. The van der Waals surface area contributed by atoms with E-state index in [0.717, 1.165) is 56.0 Å². The molecule has 0 spiro atoms. The quantitative estimate of drug-likeness (QED) is 0.429. The molecule has 0 bridgehead atoms. The minimum atomic E-state index is 0.0614. The number of fused-ring (bicyclic) bond motifs is 1. The van der Waals surface area contributed by atoms with Gasteiger partial charge in [-0.15, -0.1) is 0 Å². The molecule has 2 aliphatic carbocycles. The number of aryl methyl sites for hydroxylation is 1. The first kappa shape index (κ1) is 23.4. The Morgan fingerprint density at radius 2 is 1.67 bits per heavy atom. The standard InChI is InChI=1S/C25H34N6OS/c1-16(32)17-8-10-19(11-9-17)27-25(33)28-20-14-12-18(13-15-20)26-24-29-22-7-5-4-6-21(22)23(30-24)31(2)3/h8-11,18,20H,4-7,12-15H2,1-3H3,(H,26,29,30)(H2,27,28,33). The minimum absolute atomic E-state index is 0.0614. The highest BCUT2D eigenvalue weighted by Crippen LogP contribution is 2.29. The molecule has 1 heterocycles. The van der Waals surface area contributed by atoms with Gasteiger partial charge in [0, 0.05) is 43.0 Å². The Labute approximate surface area is 201 Å². The highest BCUT2D eigenvalue weighted by Gasteiger charge is 2.24. The number of thiocarbonyl (C=S) groups is 1. The number of carbonyl (C=O) groups excluding carboxylic acids is 1. The fourth-order valence-electron chi connectivity index (χ4n) is 4.71. The number of ketones is 1. The largest absolute Gasteiger partial charge is 0.362 e. The third-order valence-corrected chi connectivity index (χ3v) is 6.75. The van der Waals surface area contributed by atoms with E-state index in [2.05, 4.69) is 34.9 Å². The van der Waals surface area contributed by atoms with Crippen LogP contribution in [-0.4, -0.2) is 47.0 Å². The summed E-state index contributed by atoms with van der Waals surface area (Å²) in [7, 11) is 4.12. The van der Waals surface area contributed by atoms with Crippen LogP contribution in [0.25, 0.3) is 0 Å². The third-order valence-electron chi connectivity index (χ3n) is 6.53. The van der Waals surface area contributed by atoms with Crippen LogP contribution in [0, 0.1) is 0 Å². The van der Waals surface area contributed by atoms with E-state index < -0.39 is 0 Å². The smallest absolute Gasteiger partial charge is 0.225 e. The Hall–Kier alpha value is -2.74. The minimum Gasteiger partial charge on any atom is -0.362 e. The van der Waals surface area contributed by atoms with Gasteiger partial charge in [0.25, 0.3) is 0 Å². The molecule has 176 valence electrons. The van der Waals surface area contributed by atoms with Gasteiger partial charge in [-0.1, -0.05) is 0 Å². The molecule has 1 aromatic carbocycles. The van der Waals surface area contributed by atoms with Gasteiger partial charge in [-0.3, -0.25) is 4.79 Å². The van der Waals surface area contributed by atoms with Crippen molar-refractivity contribution in [2.24, 2.45) is 0 Å². The van der Waals surface area contributed by atoms with Crippen LogP contribution in [0.1, 0.15) is 67.1 Å². The number of rotatable bonds is 6. The molecule has 33 heavy (non-hydrogen) atoms. The van der Waals surface area contributed by atoms with Gasteiger partial charge in [0.15, 0.2) is 10.9 Å². The van der Waals surface area contributed by atoms with E-state index in [-0.39, 0.29) is 5.78 Å². The number of hydrogen-bond donors (Lipinski definition) is 3. The van der Waals surface area contributed by atoms with E-state index in [4.69, 9.17) is 22.2 Å². The zero-order chi connectivity index (χ0) is 23.4. The first-order chi connectivity index (χ1) is 15.9. The molecule has 0 radical (unpaired) electrons. The number of nitrogens with zero attached hydrogens (tertiary/aromatic N) is 3. The van der Waals surface area contributed by atoms with Crippen molar-refractivity contribution in [1.82, 2.24) is 15.3 Å². The Morgan fingerprint density at radius 1 is 1.00 bits per heavy atom. The van der Waals surface area contributed by atoms with Crippen LogP contribution in [0.3, 0.4) is 0 Å². The summed E-state index contributed by atoms with van der Waals surface area (Å²) in [6.07, 6.45) is 8.73. The SMILES string of the molecule is CC(=O)c1ccc(NC(=S)NC2CCC(Nc3nc4c(c(N(C)C)n3)CCCC4)CC2)cc1. The molecule has 2 aliphatic rings. The van der Waals surface area contributed by atoms with Gasteiger partial charge in [-0.05, 0) is 94.8 Å². The van der Waals surface area contributed by atoms with Crippen molar-refractivity contribution < 1.29 is 4.79 Å². The average Bonchev–Trinajstić information content (AvgIpc) is 2.80. The highest BCUT2D eigenvalue weighted by atomic mass is 32.1. The van der Waals surface area contributed by atoms with Crippen LogP contribution < -0.4 is 20.9 Å². The highest BCUT2D eigenvalue weighted by molar-refractivity contribution is 7.80. The third kappa shape index (κ3) is 5.99. The van der Waals surface area contributed by atoms with Crippen LogP contribution in [0.2, 0.25) is 0 Å². The van der Waals surface area contributed by atoms with E-state index in [1.807, 2.05) is 24.3 Å². The fourth-order valence-corrected chi connectivity index (χ4v) is 5.00. The normalized spacial score (nSPS) is 19.8. The summed E-state index contributed by atoms with van der Waals surface area (Å²) in [5.41, 5.74) is 4.12. The number of aromatic nitrogens is 2. The van der Waals surface area contributed by atoms with Crippen molar-refractivity contribution in [1.29, 1.82) is 0 Å². The summed E-state index contributed by atoms with van der Waals surface area (Å²) >= 11 is 5.50. The van der Waals surface area contributed by atoms with E-state index in [9.17, 15) is 4.79 Å². The second-order valence-corrected chi connectivity index (χ2v) is 9.73. The number of hydrogen-bond acceptors (Lipinski definition) is 6. The molecule has 7 nitrogen and oxygen atoms in total. The average molecular weight is 467 g/mol. The van der Waals surface area contributed by atoms with Gasteiger partial charge in [-0.2, -0.15) is 4.98 Å². The summed E-state index contributed by atoms with van der Waals surface area (Å²) in [6, 6.07) is 8.11. The van der Waals surface area contributed by atoms with Crippen LogP contribution >= 0.6 is 12.2 Å². The van der Waals surface area contributed by atoms with Crippen LogP contribution in [0.4, 0.5) is 17.5 Å². The van der Waals surface area contributed by atoms with Crippen molar-refractivity contribution >= 4 is 40.6 Å². The maximum absolute atomic E-state index is 11.4. The predicted octanol–water partition coefficient (Wildman–Crippen LogP) is 4.33. The van der Waals surface area contributed by atoms with Gasteiger partial charge in [0.05, 0.1) is 5.69 Å². The molecular formula is C25H34N6OS. The Kier molecular flexibility index (Phi) is 7.42. The second kappa shape index (κ2) is 10.5. The Bertz CT molecular complexity index is 999. The zero-order valence-electron chi connectivity index (χ0n) is 19.8. The molecule has 1 saturated carbocycles. The maximum Gasteiger partial charge on any atom is 0.225 e.